The molecule has 0 atom stereocenters. The second-order valence-corrected chi connectivity index (χ2v) is 7.73. The summed E-state index contributed by atoms with van der Waals surface area (Å²) in [6.07, 6.45) is 0. The van der Waals surface area contributed by atoms with Crippen LogP contribution in [0.15, 0.2) is 9.59 Å². The zero-order chi connectivity index (χ0) is 29.5. The maximum Gasteiger partial charge on any atom is 0.234 e. The molecule has 0 aromatic heterocycles. The van der Waals surface area contributed by atoms with Crippen LogP contribution in [0.25, 0.3) is 34.3 Å². The minimum absolute atomic E-state index is 1.01. The number of rotatable bonds is 2. The Bertz CT molecular complexity index is 1830. The van der Waals surface area contributed by atoms with Crippen LogP contribution in [-0.2, 0) is 0 Å². The van der Waals surface area contributed by atoms with Crippen molar-refractivity contribution >= 4 is 11.5 Å². The van der Waals surface area contributed by atoms with Gasteiger partial charge >= 0.3 is 0 Å². The molecule has 18 heteroatoms. The molecule has 204 valence electrons. The van der Waals surface area contributed by atoms with E-state index in [2.05, 4.69) is 19.9 Å². The fourth-order valence-corrected chi connectivity index (χ4v) is 3.60. The predicted molar refractivity (Wildman–Crippen MR) is 108 cm³/mol. The van der Waals surface area contributed by atoms with Crippen LogP contribution in [0.3, 0.4) is 0 Å². The first-order chi connectivity index (χ1) is 18.7. The van der Waals surface area contributed by atoms with Gasteiger partial charge in [-0.05, 0) is 0 Å². The van der Waals surface area contributed by atoms with Crippen molar-refractivity contribution in [3.63, 3.8) is 0 Å². The van der Waals surface area contributed by atoms with Gasteiger partial charge in [0.05, 0.1) is 11.1 Å². The third kappa shape index (κ3) is 3.41. The predicted octanol–water partition coefficient (Wildman–Crippen LogP) is 1.89. The van der Waals surface area contributed by atoms with E-state index in [-0.39, 0.29) is 0 Å². The standard InChI is InChI=1S/C22H2F10N4O4/c23-3-1(4(24)8(28)11(31)7(3)27)17(37)21-33-13-14(34-21)20(40)16-15(19(13)39)35-22(36-16)18(38)2-5(25)9(29)12(32)10(30)6(2)26/h37-38H. The van der Waals surface area contributed by atoms with Gasteiger partial charge in [-0.1, -0.05) is 0 Å². The van der Waals surface area contributed by atoms with Crippen molar-refractivity contribution in [2.75, 3.05) is 0 Å². The Hall–Kier alpha value is -5.16. The lowest BCUT2D eigenvalue weighted by Gasteiger charge is -2.06. The smallest absolute Gasteiger partial charge is 0.234 e. The van der Waals surface area contributed by atoms with E-state index in [4.69, 9.17) is 0 Å². The lowest BCUT2D eigenvalue weighted by molar-refractivity contribution is 0.369. The molecule has 2 heterocycles. The molecule has 5 rings (SSSR count). The minimum Gasteiger partial charge on any atom is -0.504 e. The monoisotopic (exact) mass is 576 g/mol. The van der Waals surface area contributed by atoms with Gasteiger partial charge in [-0.25, -0.2) is 63.8 Å². The van der Waals surface area contributed by atoms with E-state index in [1.54, 1.807) is 0 Å². The first-order valence-electron chi connectivity index (χ1n) is 10.0. The molecule has 0 amide bonds. The first-order valence-corrected chi connectivity index (χ1v) is 10.0. The number of benzene rings is 3. The van der Waals surface area contributed by atoms with Crippen molar-refractivity contribution in [1.29, 1.82) is 0 Å². The van der Waals surface area contributed by atoms with Crippen molar-refractivity contribution in [3.05, 3.63) is 101 Å². The molecule has 3 aliphatic rings. The van der Waals surface area contributed by atoms with Crippen LogP contribution in [0.4, 0.5) is 43.9 Å². The molecule has 2 aliphatic heterocycles. The largest absolute Gasteiger partial charge is 0.504 e. The van der Waals surface area contributed by atoms with Gasteiger partial charge in [-0.3, -0.25) is 9.59 Å². The van der Waals surface area contributed by atoms with E-state index in [1.165, 1.54) is 0 Å². The molecule has 2 aromatic rings. The van der Waals surface area contributed by atoms with Gasteiger partial charge in [0.15, 0.2) is 69.0 Å². The zero-order valence-electron chi connectivity index (χ0n) is 18.3. The van der Waals surface area contributed by atoms with E-state index in [1.807, 2.05) is 0 Å². The van der Waals surface area contributed by atoms with Crippen molar-refractivity contribution in [2.24, 2.45) is 0 Å². The number of hydrogen-bond donors (Lipinski definition) is 2. The summed E-state index contributed by atoms with van der Waals surface area (Å²) in [5.41, 5.74) is -13.2. The molecule has 2 N–H and O–H groups in total. The van der Waals surface area contributed by atoms with Gasteiger partial charge in [-0.2, -0.15) is 0 Å². The molecule has 40 heavy (non-hydrogen) atoms. The van der Waals surface area contributed by atoms with E-state index in [0.29, 0.717) is 0 Å². The van der Waals surface area contributed by atoms with E-state index in [0.717, 1.165) is 0 Å². The fraction of sp³-hybridized carbons (Fsp3) is 0. The summed E-state index contributed by atoms with van der Waals surface area (Å²) < 4.78 is 137. The van der Waals surface area contributed by atoms with Crippen molar-refractivity contribution in [2.45, 2.75) is 0 Å². The lowest BCUT2D eigenvalue weighted by Crippen LogP contribution is -2.21. The highest BCUT2D eigenvalue weighted by molar-refractivity contribution is 5.73. The van der Waals surface area contributed by atoms with Crippen LogP contribution in [0.1, 0.15) is 11.1 Å². The summed E-state index contributed by atoms with van der Waals surface area (Å²) in [4.78, 5) is 39.0. The highest BCUT2D eigenvalue weighted by Gasteiger charge is 2.33. The van der Waals surface area contributed by atoms with Gasteiger partial charge in [0.25, 0.3) is 0 Å². The van der Waals surface area contributed by atoms with Gasteiger partial charge in [-0.15, -0.1) is 0 Å². The van der Waals surface area contributed by atoms with Gasteiger partial charge < -0.3 is 10.2 Å². The summed E-state index contributed by atoms with van der Waals surface area (Å²) in [6, 6.07) is 0. The van der Waals surface area contributed by atoms with Gasteiger partial charge in [0.1, 0.15) is 22.8 Å². The number of aromatic nitrogens is 4. The van der Waals surface area contributed by atoms with Gasteiger partial charge in [0, 0.05) is 0 Å². The van der Waals surface area contributed by atoms with E-state index < -0.39 is 125 Å². The molecule has 2 aromatic carbocycles. The third-order valence-electron chi connectivity index (χ3n) is 5.50. The van der Waals surface area contributed by atoms with E-state index in [9.17, 15) is 63.7 Å². The average molecular weight is 576 g/mol. The number of hydrogen-bond acceptors (Lipinski definition) is 8. The maximum absolute atomic E-state index is 14.1. The number of fused-ring (bicyclic) bond motifs is 2. The normalized spacial score (nSPS) is 11.7. The van der Waals surface area contributed by atoms with Crippen LogP contribution >= 0.6 is 0 Å². The number of nitrogens with zero attached hydrogens (tertiary/aromatic N) is 4. The fourth-order valence-electron chi connectivity index (χ4n) is 3.60. The summed E-state index contributed by atoms with van der Waals surface area (Å²) in [6.45, 7) is 0. The Kier molecular flexibility index (Phi) is 5.74. The van der Waals surface area contributed by atoms with E-state index >= 15 is 0 Å². The topological polar surface area (TPSA) is 126 Å². The summed E-state index contributed by atoms with van der Waals surface area (Å²) in [5, 5.41) is 20.3. The maximum atomic E-state index is 14.1. The Morgan fingerprint density at radius 2 is 0.600 bits per heavy atom. The average Bonchev–Trinajstić information content (AvgIpc) is 3.58. The molecule has 1 aliphatic carbocycles. The lowest BCUT2D eigenvalue weighted by atomic mass is 10.1. The van der Waals surface area contributed by atoms with Crippen molar-refractivity contribution in [3.8, 4) is 22.8 Å². The summed E-state index contributed by atoms with van der Waals surface area (Å²) in [5.74, 6) is -28.5. The number of aliphatic hydroxyl groups excluding tert-OH is 2. The molecule has 0 radical (unpaired) electrons. The Labute approximate surface area is 209 Å². The molecule has 0 saturated heterocycles. The van der Waals surface area contributed by atoms with Crippen LogP contribution in [0, 0.1) is 58.2 Å². The highest BCUT2D eigenvalue weighted by atomic mass is 19.2. The zero-order valence-corrected chi connectivity index (χ0v) is 18.3. The number of imidazole rings is 2. The molecular formula is C22H2F10N4O4. The molecule has 0 saturated carbocycles. The second-order valence-electron chi connectivity index (χ2n) is 7.73. The Morgan fingerprint density at radius 3 is 0.825 bits per heavy atom. The number of halogens is 10. The molecule has 0 unspecified atom stereocenters. The highest BCUT2D eigenvalue weighted by Crippen LogP contribution is 2.28. The van der Waals surface area contributed by atoms with Crippen LogP contribution in [-0.4, -0.2) is 30.1 Å². The van der Waals surface area contributed by atoms with Crippen LogP contribution < -0.4 is 21.8 Å². The van der Waals surface area contributed by atoms with Crippen LogP contribution in [0.5, 0.6) is 0 Å². The Balaban J connectivity index is 1.81. The van der Waals surface area contributed by atoms with Crippen molar-refractivity contribution < 1.29 is 54.1 Å². The minimum atomic E-state index is -2.55. The second kappa shape index (κ2) is 8.68. The molecule has 0 bridgehead atoms. The summed E-state index contributed by atoms with van der Waals surface area (Å²) in [7, 11) is 0. The molecule has 8 nitrogen and oxygen atoms in total. The molecular weight excluding hydrogens is 574 g/mol. The first kappa shape index (κ1) is 26.4. The summed E-state index contributed by atoms with van der Waals surface area (Å²) >= 11 is 0. The van der Waals surface area contributed by atoms with Crippen molar-refractivity contribution in [1.82, 2.24) is 19.9 Å². The van der Waals surface area contributed by atoms with Gasteiger partial charge in [0.2, 0.25) is 22.5 Å². The molecule has 0 fully saturated rings. The SMILES string of the molecule is O=c1c2nc(=C(O)c3c(F)c(F)c(F)c(F)c3F)nc-2c(=O)c2nc(=C(O)c3c(F)c(F)c(F)c(F)c3F)nc1-2. The number of aliphatic hydroxyl groups is 2. The third-order valence-corrected chi connectivity index (χ3v) is 5.50. The van der Waals surface area contributed by atoms with Crippen LogP contribution in [0.2, 0.25) is 0 Å². The molecule has 0 spiro atoms. The quantitative estimate of drug-likeness (QED) is 0.186. The Morgan fingerprint density at radius 1 is 0.400 bits per heavy atom.